The maximum atomic E-state index is 12.5. The lowest BCUT2D eigenvalue weighted by Crippen LogP contribution is -2.39. The van der Waals surface area contributed by atoms with Crippen LogP contribution in [-0.2, 0) is 18.9 Å². The van der Waals surface area contributed by atoms with Crippen molar-refractivity contribution in [3.05, 3.63) is 58.7 Å². The van der Waals surface area contributed by atoms with Gasteiger partial charge >= 0.3 is 24.1 Å². The molecule has 264 valence electrons. The largest absolute Gasteiger partial charge is 0.491 e. The summed E-state index contributed by atoms with van der Waals surface area (Å²) in [5.41, 5.74) is 1.28. The summed E-state index contributed by atoms with van der Waals surface area (Å²) in [5, 5.41) is 0. The molecule has 2 atom stereocenters. The van der Waals surface area contributed by atoms with Gasteiger partial charge in [0.2, 0.25) is 0 Å². The van der Waals surface area contributed by atoms with E-state index in [0.29, 0.717) is 62.1 Å². The Hall–Kier alpha value is -4.48. The molecule has 2 aliphatic heterocycles. The van der Waals surface area contributed by atoms with E-state index in [9.17, 15) is 19.2 Å². The van der Waals surface area contributed by atoms with Gasteiger partial charge in [0.1, 0.15) is 35.9 Å². The number of benzene rings is 2. The number of hydrogen-bond donors (Lipinski definition) is 0. The van der Waals surface area contributed by atoms with Crippen molar-refractivity contribution < 1.29 is 47.6 Å². The van der Waals surface area contributed by atoms with Crippen LogP contribution < -0.4 is 9.47 Å². The molecule has 2 aliphatic rings. The van der Waals surface area contributed by atoms with Crippen LogP contribution in [0, 0.1) is 0 Å². The topological polar surface area (TPSA) is 130 Å². The Bertz CT molecular complexity index is 1350. The van der Waals surface area contributed by atoms with Crippen LogP contribution in [0.4, 0.5) is 9.59 Å². The summed E-state index contributed by atoms with van der Waals surface area (Å²) in [4.78, 5) is 52.1. The standard InChI is InChI=1S/2C18H25NO5/c2*1-6-22-16(20)13-7-8-15-14(11-13)12(2)19(9-10-23-15)17(21)24-18(3,4)5/h2*7-8,11-12H,6,9-10H2,1-5H3/t2*12-/m10/s1. The molecule has 2 aromatic rings. The SMILES string of the molecule is CCOC(=O)c1ccc2c(c1)[C@@H](C)N(C(=O)OC(C)(C)C)CCO2.CCOC(=O)c1ccc2c(c1)[C@H](C)N(C(=O)OC(C)(C)C)CCO2. The highest BCUT2D eigenvalue weighted by molar-refractivity contribution is 5.90. The quantitative estimate of drug-likeness (QED) is 0.245. The van der Waals surface area contributed by atoms with Crippen LogP contribution in [0.25, 0.3) is 0 Å². The summed E-state index contributed by atoms with van der Waals surface area (Å²) in [5.74, 6) is 0.560. The molecule has 0 fully saturated rings. The van der Waals surface area contributed by atoms with Gasteiger partial charge < -0.3 is 28.4 Å². The third-order valence-corrected chi connectivity index (χ3v) is 7.31. The second kappa shape index (κ2) is 16.1. The monoisotopic (exact) mass is 670 g/mol. The first kappa shape index (κ1) is 38.0. The van der Waals surface area contributed by atoms with Crippen LogP contribution in [0.2, 0.25) is 0 Å². The van der Waals surface area contributed by atoms with Gasteiger partial charge in [-0.05, 0) is 106 Å². The van der Waals surface area contributed by atoms with Gasteiger partial charge in [-0.2, -0.15) is 0 Å². The number of ether oxygens (including phenoxy) is 6. The molecular weight excluding hydrogens is 620 g/mol. The molecule has 12 heteroatoms. The molecule has 0 saturated heterocycles. The molecule has 0 bridgehead atoms. The van der Waals surface area contributed by atoms with E-state index in [-0.39, 0.29) is 24.0 Å². The summed E-state index contributed by atoms with van der Waals surface area (Å²) >= 11 is 0. The van der Waals surface area contributed by atoms with E-state index < -0.39 is 23.4 Å². The number of nitrogens with zero attached hydrogens (tertiary/aromatic N) is 2. The van der Waals surface area contributed by atoms with Gasteiger partial charge in [-0.3, -0.25) is 9.80 Å². The zero-order valence-electron chi connectivity index (χ0n) is 29.8. The molecule has 2 amide bonds. The molecule has 12 nitrogen and oxygen atoms in total. The molecule has 0 aromatic heterocycles. The number of carbonyl (C=O) groups is 4. The summed E-state index contributed by atoms with van der Waals surface area (Å²) in [6.07, 6.45) is -0.791. The number of fused-ring (bicyclic) bond motifs is 2. The number of esters is 2. The predicted octanol–water partition coefficient (Wildman–Crippen LogP) is 7.11. The Labute approximate surface area is 283 Å². The zero-order chi connectivity index (χ0) is 35.8. The van der Waals surface area contributed by atoms with Crippen molar-refractivity contribution in [1.29, 1.82) is 0 Å². The highest BCUT2D eigenvalue weighted by atomic mass is 16.6. The van der Waals surface area contributed by atoms with E-state index in [0.717, 1.165) is 11.1 Å². The van der Waals surface area contributed by atoms with Crippen molar-refractivity contribution in [2.24, 2.45) is 0 Å². The van der Waals surface area contributed by atoms with Crippen LogP contribution in [0.15, 0.2) is 36.4 Å². The Morgan fingerprint density at radius 3 is 1.33 bits per heavy atom. The van der Waals surface area contributed by atoms with Crippen LogP contribution in [0.5, 0.6) is 11.5 Å². The molecule has 2 heterocycles. The van der Waals surface area contributed by atoms with Gasteiger partial charge in [0.25, 0.3) is 0 Å². The molecule has 48 heavy (non-hydrogen) atoms. The molecule has 2 aromatic carbocycles. The normalized spacial score (nSPS) is 17.4. The molecule has 0 spiro atoms. The molecule has 0 radical (unpaired) electrons. The third-order valence-electron chi connectivity index (χ3n) is 7.31. The fourth-order valence-electron chi connectivity index (χ4n) is 5.07. The van der Waals surface area contributed by atoms with E-state index in [1.54, 1.807) is 60.0 Å². The van der Waals surface area contributed by atoms with Crippen LogP contribution >= 0.6 is 0 Å². The minimum absolute atomic E-state index is 0.272. The van der Waals surface area contributed by atoms with Crippen molar-refractivity contribution in [2.45, 2.75) is 92.5 Å². The zero-order valence-corrected chi connectivity index (χ0v) is 29.8. The Morgan fingerprint density at radius 1 is 0.667 bits per heavy atom. The average Bonchev–Trinajstić information content (AvgIpc) is 3.26. The van der Waals surface area contributed by atoms with Crippen molar-refractivity contribution in [3.8, 4) is 11.5 Å². The molecule has 0 unspecified atom stereocenters. The maximum absolute atomic E-state index is 12.5. The minimum atomic E-state index is -0.570. The van der Waals surface area contributed by atoms with Crippen molar-refractivity contribution in [3.63, 3.8) is 0 Å². The van der Waals surface area contributed by atoms with E-state index in [2.05, 4.69) is 0 Å². The fraction of sp³-hybridized carbons (Fsp3) is 0.556. The Balaban J connectivity index is 0.000000260. The van der Waals surface area contributed by atoms with Crippen LogP contribution in [-0.4, -0.2) is 84.6 Å². The van der Waals surface area contributed by atoms with Crippen molar-refractivity contribution >= 4 is 24.1 Å². The first-order valence-corrected chi connectivity index (χ1v) is 16.3. The van der Waals surface area contributed by atoms with Crippen molar-refractivity contribution in [2.75, 3.05) is 39.5 Å². The summed E-state index contributed by atoms with van der Waals surface area (Å²) in [6.45, 7) is 20.5. The predicted molar refractivity (Wildman–Crippen MR) is 178 cm³/mol. The molecule has 0 N–H and O–H groups in total. The van der Waals surface area contributed by atoms with Gasteiger partial charge in [-0.25, -0.2) is 19.2 Å². The summed E-state index contributed by atoms with van der Waals surface area (Å²) in [6, 6.07) is 9.74. The van der Waals surface area contributed by atoms with Crippen molar-refractivity contribution in [1.82, 2.24) is 9.80 Å². The minimum Gasteiger partial charge on any atom is -0.491 e. The highest BCUT2D eigenvalue weighted by Gasteiger charge is 2.32. The lowest BCUT2D eigenvalue weighted by Gasteiger charge is -2.30. The van der Waals surface area contributed by atoms with E-state index in [1.165, 1.54) is 0 Å². The lowest BCUT2D eigenvalue weighted by atomic mass is 10.0. The number of rotatable bonds is 4. The maximum Gasteiger partial charge on any atom is 0.410 e. The van der Waals surface area contributed by atoms with Gasteiger partial charge in [0.05, 0.1) is 49.5 Å². The molecule has 0 saturated carbocycles. The molecule has 4 rings (SSSR count). The number of amides is 2. The van der Waals surface area contributed by atoms with Crippen LogP contribution in [0.3, 0.4) is 0 Å². The third kappa shape index (κ3) is 10.3. The summed E-state index contributed by atoms with van der Waals surface area (Å²) in [7, 11) is 0. The van der Waals surface area contributed by atoms with E-state index >= 15 is 0 Å². The van der Waals surface area contributed by atoms with E-state index in [1.807, 2.05) is 55.4 Å². The fourth-order valence-corrected chi connectivity index (χ4v) is 5.07. The van der Waals surface area contributed by atoms with Gasteiger partial charge in [-0.1, -0.05) is 0 Å². The Kier molecular flexibility index (Phi) is 12.7. The lowest BCUT2D eigenvalue weighted by molar-refractivity contribution is 0.0157. The van der Waals surface area contributed by atoms with Gasteiger partial charge in [-0.15, -0.1) is 0 Å². The highest BCUT2D eigenvalue weighted by Crippen LogP contribution is 2.35. The first-order valence-electron chi connectivity index (χ1n) is 16.3. The summed E-state index contributed by atoms with van der Waals surface area (Å²) < 4.78 is 32.5. The molecule has 0 aliphatic carbocycles. The second-order valence-corrected chi connectivity index (χ2v) is 13.3. The molecular formula is C36H50N2O10. The Morgan fingerprint density at radius 2 is 1.02 bits per heavy atom. The van der Waals surface area contributed by atoms with Gasteiger partial charge in [0.15, 0.2) is 0 Å². The first-order chi connectivity index (χ1) is 22.5. The van der Waals surface area contributed by atoms with E-state index in [4.69, 9.17) is 28.4 Å². The number of carbonyl (C=O) groups excluding carboxylic acids is 4. The average molecular weight is 671 g/mol. The van der Waals surface area contributed by atoms with Gasteiger partial charge in [0, 0.05) is 11.1 Å². The smallest absolute Gasteiger partial charge is 0.410 e. The second-order valence-electron chi connectivity index (χ2n) is 13.3. The van der Waals surface area contributed by atoms with Crippen LogP contribution in [0.1, 0.15) is 113 Å². The number of hydrogen-bond acceptors (Lipinski definition) is 10.